The number of carbonyl (C=O) groups excluding carboxylic acids is 1. The molecule has 0 saturated carbocycles. The normalized spacial score (nSPS) is 17.5. The number of methoxy groups -OCH3 is 1. The summed E-state index contributed by atoms with van der Waals surface area (Å²) >= 11 is 0. The predicted molar refractivity (Wildman–Crippen MR) is 88.5 cm³/mol. The fraction of sp³-hybridized carbons (Fsp3) is 0.667. The first-order chi connectivity index (χ1) is 9.87. The highest BCUT2D eigenvalue weighted by Gasteiger charge is 2.39. The molecular weight excluding hydrogens is 304 g/mol. The molecular formula is C15H25ClN4O2. The first-order valence-electron chi connectivity index (χ1n) is 7.27. The van der Waals surface area contributed by atoms with Crippen molar-refractivity contribution in [3.63, 3.8) is 0 Å². The highest BCUT2D eigenvalue weighted by Crippen LogP contribution is 2.24. The van der Waals surface area contributed by atoms with Crippen molar-refractivity contribution in [2.75, 3.05) is 25.5 Å². The smallest absolute Gasteiger partial charge is 0.256 e. The maximum atomic E-state index is 12.5. The number of nitrogens with one attached hydrogen (secondary N) is 2. The molecule has 0 unspecified atom stereocenters. The fourth-order valence-corrected chi connectivity index (χ4v) is 2.38. The number of piperidine rings is 1. The molecule has 1 fully saturated rings. The van der Waals surface area contributed by atoms with E-state index in [9.17, 15) is 4.79 Å². The number of carbonyl (C=O) groups is 1. The fourth-order valence-electron chi connectivity index (χ4n) is 2.38. The van der Waals surface area contributed by atoms with Gasteiger partial charge in [-0.05, 0) is 25.9 Å². The van der Waals surface area contributed by atoms with E-state index in [2.05, 4.69) is 41.4 Å². The van der Waals surface area contributed by atoms with Crippen molar-refractivity contribution < 1.29 is 9.53 Å². The first-order valence-corrected chi connectivity index (χ1v) is 7.27. The minimum absolute atomic E-state index is 0. The van der Waals surface area contributed by atoms with Crippen molar-refractivity contribution in [2.24, 2.45) is 0 Å². The van der Waals surface area contributed by atoms with Gasteiger partial charge in [-0.3, -0.25) is 4.79 Å². The van der Waals surface area contributed by atoms with Crippen molar-refractivity contribution in [3.8, 4) is 0 Å². The van der Waals surface area contributed by atoms with Crippen molar-refractivity contribution >= 4 is 24.0 Å². The molecule has 0 spiro atoms. The van der Waals surface area contributed by atoms with Gasteiger partial charge in [0, 0.05) is 12.5 Å². The molecule has 7 heteroatoms. The van der Waals surface area contributed by atoms with Crippen molar-refractivity contribution in [3.05, 3.63) is 18.2 Å². The van der Waals surface area contributed by atoms with Gasteiger partial charge in [0.25, 0.3) is 5.91 Å². The minimum Gasteiger partial charge on any atom is -0.368 e. The summed E-state index contributed by atoms with van der Waals surface area (Å²) in [5.41, 5.74) is -0.262. The summed E-state index contributed by atoms with van der Waals surface area (Å²) in [6.07, 6.45) is 4.62. The standard InChI is InChI=1S/C15H24N4O2.ClH/c1-14(2,3)12-17-9-11(10-18-12)19-13(20)15(21-4)5-7-16-8-6-15;/h9-10,16H,5-8H2,1-4H3,(H,19,20);1H. The summed E-state index contributed by atoms with van der Waals surface area (Å²) in [7, 11) is 1.59. The number of hydrogen-bond acceptors (Lipinski definition) is 5. The summed E-state index contributed by atoms with van der Waals surface area (Å²) in [5.74, 6) is 0.627. The van der Waals surface area contributed by atoms with Gasteiger partial charge in [0.1, 0.15) is 11.4 Å². The third-order valence-corrected chi connectivity index (χ3v) is 3.80. The Balaban J connectivity index is 0.00000242. The predicted octanol–water partition coefficient (Wildman–Crippen LogP) is 1.90. The van der Waals surface area contributed by atoms with E-state index in [-0.39, 0.29) is 23.7 Å². The zero-order chi connectivity index (χ0) is 15.5. The molecule has 0 aliphatic carbocycles. The van der Waals surface area contributed by atoms with Crippen molar-refractivity contribution in [1.29, 1.82) is 0 Å². The summed E-state index contributed by atoms with van der Waals surface area (Å²) in [4.78, 5) is 21.1. The van der Waals surface area contributed by atoms with Crippen molar-refractivity contribution in [2.45, 2.75) is 44.6 Å². The van der Waals surface area contributed by atoms with Crippen LogP contribution >= 0.6 is 12.4 Å². The Morgan fingerprint density at radius 1 is 1.27 bits per heavy atom. The average molecular weight is 329 g/mol. The molecule has 1 aliphatic heterocycles. The summed E-state index contributed by atoms with van der Waals surface area (Å²) < 4.78 is 5.50. The molecule has 1 aliphatic rings. The lowest BCUT2D eigenvalue weighted by Crippen LogP contribution is -2.51. The number of rotatable bonds is 3. The molecule has 6 nitrogen and oxygen atoms in total. The number of halogens is 1. The minimum atomic E-state index is -0.756. The van der Waals surface area contributed by atoms with Gasteiger partial charge in [0.15, 0.2) is 0 Å². The highest BCUT2D eigenvalue weighted by molar-refractivity contribution is 5.97. The molecule has 2 heterocycles. The van der Waals surface area contributed by atoms with Crippen LogP contribution < -0.4 is 10.6 Å². The van der Waals surface area contributed by atoms with Gasteiger partial charge in [-0.1, -0.05) is 20.8 Å². The number of nitrogens with zero attached hydrogens (tertiary/aromatic N) is 2. The Kier molecular flexibility index (Phi) is 6.28. The van der Waals surface area contributed by atoms with E-state index < -0.39 is 5.60 Å². The van der Waals surface area contributed by atoms with Gasteiger partial charge in [-0.2, -0.15) is 0 Å². The van der Waals surface area contributed by atoms with Gasteiger partial charge < -0.3 is 15.4 Å². The Bertz CT molecular complexity index is 493. The molecule has 0 atom stereocenters. The number of aromatic nitrogens is 2. The van der Waals surface area contributed by atoms with Crippen LogP contribution in [0.25, 0.3) is 0 Å². The van der Waals surface area contributed by atoms with Crippen LogP contribution in [0.1, 0.15) is 39.4 Å². The van der Waals surface area contributed by atoms with Gasteiger partial charge in [0.05, 0.1) is 18.1 Å². The number of anilines is 1. The molecule has 1 saturated heterocycles. The van der Waals surface area contributed by atoms with Crippen LogP contribution in [-0.2, 0) is 14.9 Å². The third-order valence-electron chi connectivity index (χ3n) is 3.80. The molecule has 124 valence electrons. The lowest BCUT2D eigenvalue weighted by atomic mass is 9.91. The number of ether oxygens (including phenoxy) is 1. The summed E-state index contributed by atoms with van der Waals surface area (Å²) in [6, 6.07) is 0. The molecule has 22 heavy (non-hydrogen) atoms. The summed E-state index contributed by atoms with van der Waals surface area (Å²) in [5, 5.41) is 6.10. The number of amides is 1. The average Bonchev–Trinajstić information content (AvgIpc) is 2.47. The SMILES string of the molecule is COC1(C(=O)Nc2cnc(C(C)(C)C)nc2)CCNCC1.Cl. The third kappa shape index (κ3) is 4.15. The van der Waals surface area contributed by atoms with Crippen LogP contribution in [0.5, 0.6) is 0 Å². The second-order valence-electron chi connectivity index (χ2n) is 6.45. The lowest BCUT2D eigenvalue weighted by Gasteiger charge is -2.34. The molecule has 1 amide bonds. The Labute approximate surface area is 137 Å². The van der Waals surface area contributed by atoms with E-state index in [1.54, 1.807) is 19.5 Å². The van der Waals surface area contributed by atoms with E-state index in [1.807, 2.05) is 0 Å². The van der Waals surface area contributed by atoms with E-state index >= 15 is 0 Å². The van der Waals surface area contributed by atoms with Gasteiger partial charge >= 0.3 is 0 Å². The molecule has 0 radical (unpaired) electrons. The van der Waals surface area contributed by atoms with E-state index in [0.717, 1.165) is 18.9 Å². The van der Waals surface area contributed by atoms with Crippen LogP contribution in [0.2, 0.25) is 0 Å². The zero-order valence-corrected chi connectivity index (χ0v) is 14.4. The summed E-state index contributed by atoms with van der Waals surface area (Å²) in [6.45, 7) is 7.71. The second-order valence-corrected chi connectivity index (χ2v) is 6.45. The first kappa shape index (κ1) is 18.8. The van der Waals surface area contributed by atoms with Crippen LogP contribution in [0.15, 0.2) is 12.4 Å². The van der Waals surface area contributed by atoms with Crippen LogP contribution in [0.4, 0.5) is 5.69 Å². The second kappa shape index (κ2) is 7.35. The Hall–Kier alpha value is -1.24. The number of hydrogen-bond donors (Lipinski definition) is 2. The molecule has 1 aromatic rings. The van der Waals surface area contributed by atoms with Gasteiger partial charge in [0.2, 0.25) is 0 Å². The molecule has 0 aromatic carbocycles. The van der Waals surface area contributed by atoms with Crippen LogP contribution in [-0.4, -0.2) is 41.7 Å². The topological polar surface area (TPSA) is 76.1 Å². The molecule has 1 aromatic heterocycles. The molecule has 2 N–H and O–H groups in total. The van der Waals surface area contributed by atoms with Crippen molar-refractivity contribution in [1.82, 2.24) is 15.3 Å². The maximum absolute atomic E-state index is 12.5. The lowest BCUT2D eigenvalue weighted by molar-refractivity contribution is -0.140. The highest BCUT2D eigenvalue weighted by atomic mass is 35.5. The zero-order valence-electron chi connectivity index (χ0n) is 13.6. The van der Waals surface area contributed by atoms with Crippen LogP contribution in [0.3, 0.4) is 0 Å². The molecule has 0 bridgehead atoms. The largest absolute Gasteiger partial charge is 0.368 e. The van der Waals surface area contributed by atoms with E-state index in [0.29, 0.717) is 18.5 Å². The van der Waals surface area contributed by atoms with Crippen LogP contribution in [0, 0.1) is 0 Å². The van der Waals surface area contributed by atoms with Gasteiger partial charge in [-0.15, -0.1) is 12.4 Å². The van der Waals surface area contributed by atoms with E-state index in [4.69, 9.17) is 4.74 Å². The maximum Gasteiger partial charge on any atom is 0.256 e. The quantitative estimate of drug-likeness (QED) is 0.886. The monoisotopic (exact) mass is 328 g/mol. The van der Waals surface area contributed by atoms with E-state index in [1.165, 1.54) is 0 Å². The van der Waals surface area contributed by atoms with Gasteiger partial charge in [-0.25, -0.2) is 9.97 Å². The Morgan fingerprint density at radius 2 is 1.82 bits per heavy atom. The molecule has 2 rings (SSSR count). The Morgan fingerprint density at radius 3 is 2.27 bits per heavy atom.